The highest BCUT2D eigenvalue weighted by Gasteiger charge is 2.13. The van der Waals surface area contributed by atoms with Crippen LogP contribution in [-0.2, 0) is 6.54 Å². The summed E-state index contributed by atoms with van der Waals surface area (Å²) in [5.74, 6) is 0. The van der Waals surface area contributed by atoms with Crippen molar-refractivity contribution < 1.29 is 0 Å². The second kappa shape index (κ2) is 4.71. The maximum absolute atomic E-state index is 9.14. The fourth-order valence-corrected chi connectivity index (χ4v) is 2.32. The molecule has 0 N–H and O–H groups in total. The zero-order chi connectivity index (χ0) is 13.2. The zero-order valence-electron chi connectivity index (χ0n) is 9.92. The normalized spacial score (nSPS) is 10.5. The molecule has 0 saturated heterocycles. The van der Waals surface area contributed by atoms with E-state index in [4.69, 9.17) is 16.9 Å². The van der Waals surface area contributed by atoms with Gasteiger partial charge in [0.2, 0.25) is 0 Å². The monoisotopic (exact) mass is 268 g/mol. The number of benzene rings is 1. The van der Waals surface area contributed by atoms with Gasteiger partial charge < -0.3 is 4.57 Å². The Labute approximate surface area is 114 Å². The molecule has 1 aromatic carbocycles. The predicted octanol–water partition coefficient (Wildman–Crippen LogP) is 3.00. The molecule has 4 nitrogen and oxygen atoms in total. The summed E-state index contributed by atoms with van der Waals surface area (Å²) in [6.45, 7) is 0.631. The molecule has 0 radical (unpaired) electrons. The lowest BCUT2D eigenvalue weighted by molar-refractivity contribution is 0.833. The van der Waals surface area contributed by atoms with Crippen molar-refractivity contribution in [2.24, 2.45) is 0 Å². The first-order valence-corrected chi connectivity index (χ1v) is 6.11. The van der Waals surface area contributed by atoms with E-state index in [9.17, 15) is 0 Å². The van der Waals surface area contributed by atoms with Gasteiger partial charge in [-0.3, -0.25) is 0 Å². The SMILES string of the molecule is N#Cc1cn(Cc2ccccc2)c2c(Cl)ncnc12. The summed E-state index contributed by atoms with van der Waals surface area (Å²) in [5, 5.41) is 9.50. The van der Waals surface area contributed by atoms with Crippen molar-refractivity contribution in [3.05, 3.63) is 59.1 Å². The third-order valence-corrected chi connectivity index (χ3v) is 3.20. The molecule has 0 aliphatic carbocycles. The Morgan fingerprint density at radius 3 is 2.74 bits per heavy atom. The summed E-state index contributed by atoms with van der Waals surface area (Å²) in [7, 11) is 0. The molecule has 0 aliphatic heterocycles. The molecular weight excluding hydrogens is 260 g/mol. The molecule has 0 spiro atoms. The number of aromatic nitrogens is 3. The van der Waals surface area contributed by atoms with Crippen LogP contribution >= 0.6 is 11.6 Å². The summed E-state index contributed by atoms with van der Waals surface area (Å²) in [6, 6.07) is 12.1. The fraction of sp³-hybridized carbons (Fsp3) is 0.0714. The van der Waals surface area contributed by atoms with Crippen LogP contribution in [0.3, 0.4) is 0 Å². The molecule has 5 heteroatoms. The van der Waals surface area contributed by atoms with Gasteiger partial charge in [0.05, 0.1) is 5.56 Å². The van der Waals surface area contributed by atoms with E-state index in [1.807, 2.05) is 34.9 Å². The predicted molar refractivity (Wildman–Crippen MR) is 72.8 cm³/mol. The van der Waals surface area contributed by atoms with Crippen LogP contribution in [0, 0.1) is 11.3 Å². The first-order chi connectivity index (χ1) is 9.29. The van der Waals surface area contributed by atoms with Crippen molar-refractivity contribution in [3.63, 3.8) is 0 Å². The van der Waals surface area contributed by atoms with Gasteiger partial charge >= 0.3 is 0 Å². The Morgan fingerprint density at radius 2 is 2.00 bits per heavy atom. The van der Waals surface area contributed by atoms with E-state index in [-0.39, 0.29) is 0 Å². The third kappa shape index (κ3) is 2.05. The van der Waals surface area contributed by atoms with Crippen molar-refractivity contribution in [2.75, 3.05) is 0 Å². The Kier molecular flexibility index (Phi) is 2.90. The highest BCUT2D eigenvalue weighted by molar-refractivity contribution is 6.33. The van der Waals surface area contributed by atoms with E-state index < -0.39 is 0 Å². The molecule has 3 aromatic rings. The zero-order valence-corrected chi connectivity index (χ0v) is 10.7. The van der Waals surface area contributed by atoms with E-state index in [0.29, 0.717) is 28.3 Å². The maximum atomic E-state index is 9.14. The topological polar surface area (TPSA) is 54.5 Å². The van der Waals surface area contributed by atoms with Crippen LogP contribution in [-0.4, -0.2) is 14.5 Å². The maximum Gasteiger partial charge on any atom is 0.156 e. The lowest BCUT2D eigenvalue weighted by Gasteiger charge is -2.05. The van der Waals surface area contributed by atoms with Crippen LogP contribution in [0.5, 0.6) is 0 Å². The number of hydrogen-bond donors (Lipinski definition) is 0. The summed E-state index contributed by atoms with van der Waals surface area (Å²) in [5.41, 5.74) is 2.93. The Hall–Kier alpha value is -2.38. The van der Waals surface area contributed by atoms with Crippen molar-refractivity contribution in [1.29, 1.82) is 5.26 Å². The number of rotatable bonds is 2. The number of fused-ring (bicyclic) bond motifs is 1. The molecule has 0 saturated carbocycles. The lowest BCUT2D eigenvalue weighted by Crippen LogP contribution is -1.98. The van der Waals surface area contributed by atoms with Crippen LogP contribution < -0.4 is 0 Å². The Bertz CT molecular complexity index is 771. The molecular formula is C14H9ClN4. The minimum Gasteiger partial charge on any atom is -0.338 e. The fourth-order valence-electron chi connectivity index (χ4n) is 2.08. The summed E-state index contributed by atoms with van der Waals surface area (Å²) < 4.78 is 1.91. The van der Waals surface area contributed by atoms with Gasteiger partial charge in [0.15, 0.2) is 5.15 Å². The van der Waals surface area contributed by atoms with Crippen LogP contribution in [0.4, 0.5) is 0 Å². The van der Waals surface area contributed by atoms with Gasteiger partial charge in [-0.05, 0) is 5.56 Å². The highest BCUT2D eigenvalue weighted by atomic mass is 35.5. The van der Waals surface area contributed by atoms with Crippen molar-refractivity contribution in [1.82, 2.24) is 14.5 Å². The van der Waals surface area contributed by atoms with E-state index in [1.54, 1.807) is 6.20 Å². The van der Waals surface area contributed by atoms with E-state index in [2.05, 4.69) is 16.0 Å². The molecule has 0 amide bonds. The number of nitriles is 1. The van der Waals surface area contributed by atoms with E-state index in [1.165, 1.54) is 6.33 Å². The molecule has 0 fully saturated rings. The van der Waals surface area contributed by atoms with Crippen LogP contribution in [0.1, 0.15) is 11.1 Å². The van der Waals surface area contributed by atoms with Gasteiger partial charge in [0.1, 0.15) is 23.4 Å². The molecule has 2 aromatic heterocycles. The number of halogens is 1. The number of hydrogen-bond acceptors (Lipinski definition) is 3. The second-order valence-electron chi connectivity index (χ2n) is 4.13. The molecule has 2 heterocycles. The first-order valence-electron chi connectivity index (χ1n) is 5.73. The van der Waals surface area contributed by atoms with Crippen LogP contribution in [0.2, 0.25) is 5.15 Å². The molecule has 92 valence electrons. The highest BCUT2D eigenvalue weighted by Crippen LogP contribution is 2.24. The van der Waals surface area contributed by atoms with Crippen LogP contribution in [0.15, 0.2) is 42.9 Å². The van der Waals surface area contributed by atoms with Gasteiger partial charge in [0.25, 0.3) is 0 Å². The largest absolute Gasteiger partial charge is 0.338 e. The van der Waals surface area contributed by atoms with Gasteiger partial charge in [-0.15, -0.1) is 0 Å². The molecule has 0 atom stereocenters. The summed E-state index contributed by atoms with van der Waals surface area (Å²) >= 11 is 6.12. The first kappa shape index (κ1) is 11.7. The average Bonchev–Trinajstić information content (AvgIpc) is 2.79. The van der Waals surface area contributed by atoms with Crippen molar-refractivity contribution in [2.45, 2.75) is 6.54 Å². The lowest BCUT2D eigenvalue weighted by atomic mass is 10.2. The molecule has 0 aliphatic rings. The van der Waals surface area contributed by atoms with Gasteiger partial charge in [-0.1, -0.05) is 41.9 Å². The molecule has 19 heavy (non-hydrogen) atoms. The minimum absolute atomic E-state index is 0.363. The van der Waals surface area contributed by atoms with Crippen molar-refractivity contribution >= 4 is 22.6 Å². The molecule has 0 unspecified atom stereocenters. The Balaban J connectivity index is 2.17. The average molecular weight is 269 g/mol. The molecule has 0 bridgehead atoms. The molecule has 3 rings (SSSR count). The van der Waals surface area contributed by atoms with Gasteiger partial charge in [-0.2, -0.15) is 5.26 Å². The minimum atomic E-state index is 0.363. The number of nitrogens with zero attached hydrogens (tertiary/aromatic N) is 4. The van der Waals surface area contributed by atoms with Gasteiger partial charge in [-0.25, -0.2) is 9.97 Å². The van der Waals surface area contributed by atoms with Crippen molar-refractivity contribution in [3.8, 4) is 6.07 Å². The van der Waals surface area contributed by atoms with Gasteiger partial charge in [0, 0.05) is 12.7 Å². The summed E-state index contributed by atoms with van der Waals surface area (Å²) in [6.07, 6.45) is 3.14. The second-order valence-corrected chi connectivity index (χ2v) is 4.49. The van der Waals surface area contributed by atoms with Crippen LogP contribution in [0.25, 0.3) is 11.0 Å². The smallest absolute Gasteiger partial charge is 0.156 e. The standard InChI is InChI=1S/C14H9ClN4/c15-14-13-12(17-9-18-14)11(6-16)8-19(13)7-10-4-2-1-3-5-10/h1-5,8-9H,7H2. The third-order valence-electron chi connectivity index (χ3n) is 2.92. The van der Waals surface area contributed by atoms with E-state index in [0.717, 1.165) is 5.56 Å². The Morgan fingerprint density at radius 1 is 1.21 bits per heavy atom. The summed E-state index contributed by atoms with van der Waals surface area (Å²) in [4.78, 5) is 8.12. The quantitative estimate of drug-likeness (QED) is 0.672. The van der Waals surface area contributed by atoms with E-state index >= 15 is 0 Å².